The number of allylic oxidation sites excluding steroid dienone is 2. The summed E-state index contributed by atoms with van der Waals surface area (Å²) in [6.07, 6.45) is 12.0. The Morgan fingerprint density at radius 2 is 2.27 bits per heavy atom. The summed E-state index contributed by atoms with van der Waals surface area (Å²) >= 11 is 0. The highest BCUT2D eigenvalue weighted by Crippen LogP contribution is 2.38. The lowest BCUT2D eigenvalue weighted by Gasteiger charge is -2.34. The quantitative estimate of drug-likeness (QED) is 0.444. The van der Waals surface area contributed by atoms with E-state index in [9.17, 15) is 4.79 Å². The van der Waals surface area contributed by atoms with Gasteiger partial charge in [-0.25, -0.2) is 0 Å². The van der Waals surface area contributed by atoms with Crippen molar-refractivity contribution < 1.29 is 14.3 Å². The topological polar surface area (TPSA) is 55.7 Å². The minimum absolute atomic E-state index is 0.00100. The van der Waals surface area contributed by atoms with Crippen LogP contribution in [0.1, 0.15) is 55.5 Å². The molecule has 1 aliphatic carbocycles. The number of methoxy groups -OCH3 is 1. The number of ether oxygens (including phenoxy) is 2. The lowest BCUT2D eigenvalue weighted by molar-refractivity contribution is -0.148. The monoisotopic (exact) mass is 415 g/mol. The van der Waals surface area contributed by atoms with Crippen LogP contribution in [0.2, 0.25) is 0 Å². The Kier molecular flexibility index (Phi) is 8.31. The van der Waals surface area contributed by atoms with E-state index < -0.39 is 0 Å². The zero-order valence-electron chi connectivity index (χ0n) is 18.7. The van der Waals surface area contributed by atoms with Crippen LogP contribution in [0.25, 0.3) is 6.08 Å². The molecule has 3 rings (SSSR count). The first-order valence-electron chi connectivity index (χ1n) is 11.2. The fourth-order valence-electron chi connectivity index (χ4n) is 4.25. The van der Waals surface area contributed by atoms with Gasteiger partial charge in [0.15, 0.2) is 0 Å². The molecule has 2 atom stereocenters. The van der Waals surface area contributed by atoms with Crippen molar-refractivity contribution in [3.63, 3.8) is 0 Å². The Hall–Kier alpha value is -1.89. The van der Waals surface area contributed by atoms with E-state index in [0.717, 1.165) is 45.4 Å². The first-order chi connectivity index (χ1) is 14.6. The lowest BCUT2D eigenvalue weighted by Crippen LogP contribution is -2.50. The molecule has 30 heavy (non-hydrogen) atoms. The number of aromatic nitrogens is 1. The van der Waals surface area contributed by atoms with Crippen LogP contribution in [0.15, 0.2) is 24.9 Å². The van der Waals surface area contributed by atoms with Crippen molar-refractivity contribution in [1.29, 1.82) is 0 Å². The number of rotatable bonds is 11. The third-order valence-corrected chi connectivity index (χ3v) is 6.09. The molecule has 6 nitrogen and oxygen atoms in total. The van der Waals surface area contributed by atoms with Crippen LogP contribution in [0, 0.1) is 6.92 Å². The zero-order valence-corrected chi connectivity index (χ0v) is 18.7. The molecule has 1 aliphatic heterocycles. The van der Waals surface area contributed by atoms with Crippen LogP contribution in [0.5, 0.6) is 0 Å². The van der Waals surface area contributed by atoms with Crippen molar-refractivity contribution in [2.75, 3.05) is 33.4 Å². The fourth-order valence-corrected chi connectivity index (χ4v) is 4.25. The number of morpholine rings is 1. The number of carbonyl (C=O) groups is 1. The predicted molar refractivity (Wildman–Crippen MR) is 120 cm³/mol. The number of hydrogen-bond donors (Lipinski definition) is 1. The average Bonchev–Trinajstić information content (AvgIpc) is 3.54. The lowest BCUT2D eigenvalue weighted by atomic mass is 10.0. The highest BCUT2D eigenvalue weighted by Gasteiger charge is 2.40. The van der Waals surface area contributed by atoms with Gasteiger partial charge in [0.2, 0.25) is 0 Å². The largest absolute Gasteiger partial charge is 0.385 e. The highest BCUT2D eigenvalue weighted by molar-refractivity contribution is 5.82. The number of unbranched alkanes of at least 4 members (excludes halogenated alkanes) is 1. The van der Waals surface area contributed by atoms with Crippen molar-refractivity contribution >= 4 is 12.0 Å². The Labute approximate surface area is 180 Å². The van der Waals surface area contributed by atoms with Gasteiger partial charge in [0.1, 0.15) is 6.10 Å². The summed E-state index contributed by atoms with van der Waals surface area (Å²) < 4.78 is 13.3. The van der Waals surface area contributed by atoms with Gasteiger partial charge in [0, 0.05) is 56.8 Å². The SMILES string of the molecule is C=C/C=C\c1c([C@H](C)N(C(=O)[C@H]2CNCCO2)C2CC2)cn(CCCCOC)c1C. The van der Waals surface area contributed by atoms with Crippen molar-refractivity contribution in [2.45, 2.75) is 64.3 Å². The number of amides is 1. The van der Waals surface area contributed by atoms with Crippen LogP contribution in [0.3, 0.4) is 0 Å². The van der Waals surface area contributed by atoms with E-state index in [1.54, 1.807) is 13.2 Å². The standard InChI is InChI=1S/C24H37N3O3/c1-5-6-9-21-18(2)26(13-7-8-14-29-4)17-22(21)19(3)27(20-10-11-20)24(28)23-16-25-12-15-30-23/h5-6,9,17,19-20,23,25H,1,7-8,10-16H2,2-4H3/b9-6-/t19-,23+/m0/s1. The van der Waals surface area contributed by atoms with Crippen molar-refractivity contribution in [3.8, 4) is 0 Å². The first-order valence-corrected chi connectivity index (χ1v) is 11.2. The summed E-state index contributed by atoms with van der Waals surface area (Å²) in [5, 5.41) is 3.29. The molecule has 1 amide bonds. The molecule has 1 saturated carbocycles. The maximum Gasteiger partial charge on any atom is 0.253 e. The maximum absolute atomic E-state index is 13.4. The minimum Gasteiger partial charge on any atom is -0.385 e. The smallest absolute Gasteiger partial charge is 0.253 e. The van der Waals surface area contributed by atoms with Gasteiger partial charge in [-0.05, 0) is 45.1 Å². The van der Waals surface area contributed by atoms with E-state index in [-0.39, 0.29) is 18.1 Å². The van der Waals surface area contributed by atoms with Gasteiger partial charge in [0.05, 0.1) is 12.6 Å². The molecule has 0 spiro atoms. The van der Waals surface area contributed by atoms with Crippen LogP contribution >= 0.6 is 0 Å². The zero-order chi connectivity index (χ0) is 21.5. The van der Waals surface area contributed by atoms with Crippen LogP contribution in [-0.4, -0.2) is 60.9 Å². The summed E-state index contributed by atoms with van der Waals surface area (Å²) in [5.41, 5.74) is 3.61. The molecule has 0 aromatic carbocycles. The average molecular weight is 416 g/mol. The molecule has 0 bridgehead atoms. The van der Waals surface area contributed by atoms with E-state index in [1.807, 2.05) is 6.08 Å². The second-order valence-corrected chi connectivity index (χ2v) is 8.29. The van der Waals surface area contributed by atoms with Gasteiger partial charge >= 0.3 is 0 Å². The van der Waals surface area contributed by atoms with Crippen molar-refractivity contribution in [2.24, 2.45) is 0 Å². The Bertz CT molecular complexity index is 745. The second-order valence-electron chi connectivity index (χ2n) is 8.29. The third kappa shape index (κ3) is 5.42. The van der Waals surface area contributed by atoms with Gasteiger partial charge in [-0.3, -0.25) is 4.79 Å². The normalized spacial score (nSPS) is 20.4. The van der Waals surface area contributed by atoms with E-state index >= 15 is 0 Å². The minimum atomic E-state index is -0.383. The van der Waals surface area contributed by atoms with Gasteiger partial charge in [-0.2, -0.15) is 0 Å². The van der Waals surface area contributed by atoms with Gasteiger partial charge in [0.25, 0.3) is 5.91 Å². The molecule has 1 aromatic rings. The molecule has 2 aliphatic rings. The Balaban J connectivity index is 1.85. The molecular weight excluding hydrogens is 378 g/mol. The number of nitrogens with zero attached hydrogens (tertiary/aromatic N) is 2. The molecule has 2 heterocycles. The Morgan fingerprint density at radius 1 is 1.47 bits per heavy atom. The number of nitrogens with one attached hydrogen (secondary N) is 1. The van der Waals surface area contributed by atoms with Crippen molar-refractivity contribution in [3.05, 3.63) is 41.7 Å². The molecule has 2 fully saturated rings. The fraction of sp³-hybridized carbons (Fsp3) is 0.625. The second kappa shape index (κ2) is 10.9. The summed E-state index contributed by atoms with van der Waals surface area (Å²) in [6, 6.07) is 0.318. The third-order valence-electron chi connectivity index (χ3n) is 6.09. The summed E-state index contributed by atoms with van der Waals surface area (Å²) in [5.74, 6) is 0.112. The molecule has 1 saturated heterocycles. The predicted octanol–water partition coefficient (Wildman–Crippen LogP) is 3.46. The van der Waals surface area contributed by atoms with E-state index in [1.165, 1.54) is 16.8 Å². The molecule has 0 radical (unpaired) electrons. The van der Waals surface area contributed by atoms with Gasteiger partial charge in [-0.15, -0.1) is 0 Å². The maximum atomic E-state index is 13.4. The van der Waals surface area contributed by atoms with E-state index in [4.69, 9.17) is 9.47 Å². The molecule has 1 N–H and O–H groups in total. The van der Waals surface area contributed by atoms with Crippen LogP contribution in [-0.2, 0) is 20.8 Å². The van der Waals surface area contributed by atoms with Gasteiger partial charge in [-0.1, -0.05) is 24.8 Å². The summed E-state index contributed by atoms with van der Waals surface area (Å²) in [7, 11) is 1.74. The number of carbonyl (C=O) groups excluding carboxylic acids is 1. The summed E-state index contributed by atoms with van der Waals surface area (Å²) in [6.45, 7) is 11.9. The molecule has 0 unspecified atom stereocenters. The molecule has 166 valence electrons. The molecule has 6 heteroatoms. The molecular formula is C24H37N3O3. The van der Waals surface area contributed by atoms with Crippen LogP contribution < -0.4 is 5.32 Å². The highest BCUT2D eigenvalue weighted by atomic mass is 16.5. The molecule has 1 aromatic heterocycles. The first kappa shape index (κ1) is 22.8. The van der Waals surface area contributed by atoms with E-state index in [0.29, 0.717) is 19.2 Å². The van der Waals surface area contributed by atoms with E-state index in [2.05, 4.69) is 47.5 Å². The number of hydrogen-bond acceptors (Lipinski definition) is 4. The summed E-state index contributed by atoms with van der Waals surface area (Å²) in [4.78, 5) is 15.4. The van der Waals surface area contributed by atoms with Crippen molar-refractivity contribution in [1.82, 2.24) is 14.8 Å². The number of aryl methyl sites for hydroxylation is 1. The van der Waals surface area contributed by atoms with Gasteiger partial charge < -0.3 is 24.3 Å². The van der Waals surface area contributed by atoms with Crippen LogP contribution in [0.4, 0.5) is 0 Å². The Morgan fingerprint density at radius 3 is 2.90 bits per heavy atom.